The van der Waals surface area contributed by atoms with Gasteiger partial charge in [-0.15, -0.1) is 11.3 Å². The molecular weight excluding hydrogens is 310 g/mol. The first-order valence-electron chi connectivity index (χ1n) is 6.11. The van der Waals surface area contributed by atoms with E-state index in [2.05, 4.69) is 10.1 Å². The fourth-order valence-electron chi connectivity index (χ4n) is 2.08. The average molecular weight is 322 g/mol. The Morgan fingerprint density at radius 1 is 1.38 bits per heavy atom. The van der Waals surface area contributed by atoms with E-state index >= 15 is 0 Å². The molecule has 0 saturated heterocycles. The lowest BCUT2D eigenvalue weighted by Crippen LogP contribution is -1.93. The molecule has 0 fully saturated rings. The highest BCUT2D eigenvalue weighted by Gasteiger charge is 2.22. The molecule has 108 valence electrons. The minimum Gasteiger partial charge on any atom is -0.496 e. The maximum atomic E-state index is 6.08. The zero-order valence-corrected chi connectivity index (χ0v) is 13.0. The average Bonchev–Trinajstić information content (AvgIpc) is 3.04. The summed E-state index contributed by atoms with van der Waals surface area (Å²) in [4.78, 5) is 4.41. The number of methoxy groups -OCH3 is 1. The van der Waals surface area contributed by atoms with Crippen LogP contribution in [0.1, 0.15) is 5.01 Å². The number of nitrogen functional groups attached to an aromatic ring is 1. The fraction of sp³-hybridized carbons (Fsp3) is 0.143. The number of anilines is 1. The lowest BCUT2D eigenvalue weighted by atomic mass is 10.0. The van der Waals surface area contributed by atoms with Crippen molar-refractivity contribution in [3.05, 3.63) is 33.6 Å². The van der Waals surface area contributed by atoms with E-state index in [1.165, 1.54) is 11.3 Å². The smallest absolute Gasteiger partial charge is 0.196 e. The summed E-state index contributed by atoms with van der Waals surface area (Å²) < 4.78 is 10.7. The van der Waals surface area contributed by atoms with Gasteiger partial charge >= 0.3 is 0 Å². The van der Waals surface area contributed by atoms with Crippen LogP contribution < -0.4 is 10.5 Å². The third-order valence-corrected chi connectivity index (χ3v) is 4.01. The number of hydrogen-bond donors (Lipinski definition) is 1. The molecule has 3 aromatic rings. The second-order valence-electron chi connectivity index (χ2n) is 4.37. The minimum atomic E-state index is 0.274. The third kappa shape index (κ3) is 2.48. The summed E-state index contributed by atoms with van der Waals surface area (Å²) in [7, 11) is 1.59. The molecule has 0 spiro atoms. The molecular formula is C14H12ClN3O2S. The Morgan fingerprint density at radius 3 is 2.86 bits per heavy atom. The standard InChI is InChI=1S/C14H12ClN3O2S/c1-7-17-10(6-21-7)13-12(14(16)18-20-13)9-5-8(15)3-4-11(9)19-2/h3-6H,1-2H3,(H2,16,18). The Hall–Kier alpha value is -2.05. The largest absolute Gasteiger partial charge is 0.496 e. The first kappa shape index (κ1) is 13.9. The van der Waals surface area contributed by atoms with Gasteiger partial charge < -0.3 is 15.0 Å². The number of nitrogens with zero attached hydrogens (tertiary/aromatic N) is 2. The number of thiazole rings is 1. The van der Waals surface area contributed by atoms with E-state index < -0.39 is 0 Å². The van der Waals surface area contributed by atoms with Gasteiger partial charge in [-0.3, -0.25) is 0 Å². The third-order valence-electron chi connectivity index (χ3n) is 3.00. The molecule has 0 bridgehead atoms. The van der Waals surface area contributed by atoms with Crippen molar-refractivity contribution >= 4 is 28.8 Å². The van der Waals surface area contributed by atoms with Crippen LogP contribution in [-0.4, -0.2) is 17.3 Å². The first-order chi connectivity index (χ1) is 10.1. The van der Waals surface area contributed by atoms with Crippen molar-refractivity contribution < 1.29 is 9.26 Å². The molecule has 2 heterocycles. The molecule has 0 radical (unpaired) electrons. The van der Waals surface area contributed by atoms with Gasteiger partial charge in [-0.1, -0.05) is 16.8 Å². The number of ether oxygens (including phenoxy) is 1. The zero-order valence-electron chi connectivity index (χ0n) is 11.4. The maximum absolute atomic E-state index is 6.08. The van der Waals surface area contributed by atoms with Crippen LogP contribution in [0.15, 0.2) is 28.1 Å². The Bertz CT molecular complexity index is 797. The van der Waals surface area contributed by atoms with Gasteiger partial charge in [0.15, 0.2) is 11.6 Å². The van der Waals surface area contributed by atoms with Crippen LogP contribution >= 0.6 is 22.9 Å². The van der Waals surface area contributed by atoms with Gasteiger partial charge in [0, 0.05) is 16.0 Å². The Labute approximate surface area is 130 Å². The van der Waals surface area contributed by atoms with Gasteiger partial charge in [0.05, 0.1) is 17.7 Å². The maximum Gasteiger partial charge on any atom is 0.196 e. The van der Waals surface area contributed by atoms with Gasteiger partial charge in [0.2, 0.25) is 0 Å². The summed E-state index contributed by atoms with van der Waals surface area (Å²) in [5.74, 6) is 1.43. The van der Waals surface area contributed by atoms with E-state index in [1.54, 1.807) is 25.3 Å². The van der Waals surface area contributed by atoms with Gasteiger partial charge in [-0.05, 0) is 25.1 Å². The molecule has 21 heavy (non-hydrogen) atoms. The second-order valence-corrected chi connectivity index (χ2v) is 5.87. The highest BCUT2D eigenvalue weighted by atomic mass is 35.5. The molecule has 5 nitrogen and oxygen atoms in total. The molecule has 0 aliphatic rings. The molecule has 0 unspecified atom stereocenters. The highest BCUT2D eigenvalue weighted by molar-refractivity contribution is 7.09. The van der Waals surface area contributed by atoms with E-state index in [-0.39, 0.29) is 5.82 Å². The van der Waals surface area contributed by atoms with E-state index in [1.807, 2.05) is 12.3 Å². The normalized spacial score (nSPS) is 10.8. The van der Waals surface area contributed by atoms with E-state index in [4.69, 9.17) is 26.6 Å². The molecule has 0 saturated carbocycles. The number of benzene rings is 1. The lowest BCUT2D eigenvalue weighted by molar-refractivity contribution is 0.416. The quantitative estimate of drug-likeness (QED) is 0.788. The van der Waals surface area contributed by atoms with Crippen molar-refractivity contribution in [3.8, 4) is 28.3 Å². The van der Waals surface area contributed by atoms with Crippen molar-refractivity contribution in [2.75, 3.05) is 12.8 Å². The molecule has 0 aliphatic carbocycles. The molecule has 2 aromatic heterocycles. The van der Waals surface area contributed by atoms with Crippen LogP contribution in [0.5, 0.6) is 5.75 Å². The minimum absolute atomic E-state index is 0.274. The molecule has 0 aliphatic heterocycles. The van der Waals surface area contributed by atoms with Crippen molar-refractivity contribution in [1.82, 2.24) is 10.1 Å². The van der Waals surface area contributed by atoms with E-state index in [9.17, 15) is 0 Å². The predicted octanol–water partition coefficient (Wildman–Crippen LogP) is 4.02. The zero-order chi connectivity index (χ0) is 15.0. The van der Waals surface area contributed by atoms with Crippen molar-refractivity contribution in [1.29, 1.82) is 0 Å². The van der Waals surface area contributed by atoms with Crippen LogP contribution in [0.3, 0.4) is 0 Å². The van der Waals surface area contributed by atoms with E-state index in [0.29, 0.717) is 27.8 Å². The number of hydrogen-bond acceptors (Lipinski definition) is 6. The SMILES string of the molecule is COc1ccc(Cl)cc1-c1c(N)noc1-c1csc(C)n1. The molecule has 0 amide bonds. The molecule has 7 heteroatoms. The molecule has 3 rings (SSSR count). The predicted molar refractivity (Wildman–Crippen MR) is 83.8 cm³/mol. The number of aromatic nitrogens is 2. The Morgan fingerprint density at radius 2 is 2.19 bits per heavy atom. The summed E-state index contributed by atoms with van der Waals surface area (Å²) in [6, 6.07) is 5.30. The number of halogens is 1. The summed E-state index contributed by atoms with van der Waals surface area (Å²) >= 11 is 7.61. The molecule has 1 aromatic carbocycles. The summed E-state index contributed by atoms with van der Waals surface area (Å²) in [5, 5.41) is 7.26. The number of nitrogens with two attached hydrogens (primary N) is 1. The van der Waals surface area contributed by atoms with Crippen molar-refractivity contribution in [2.24, 2.45) is 0 Å². The lowest BCUT2D eigenvalue weighted by Gasteiger charge is -2.08. The van der Waals surface area contributed by atoms with Crippen LogP contribution in [0.25, 0.3) is 22.6 Å². The summed E-state index contributed by atoms with van der Waals surface area (Å²) in [6.45, 7) is 1.92. The van der Waals surface area contributed by atoms with Crippen LogP contribution in [0.2, 0.25) is 5.02 Å². The van der Waals surface area contributed by atoms with Crippen LogP contribution in [-0.2, 0) is 0 Å². The Kier molecular flexibility index (Phi) is 3.57. The van der Waals surface area contributed by atoms with Gasteiger partial charge in [-0.25, -0.2) is 4.98 Å². The summed E-state index contributed by atoms with van der Waals surface area (Å²) in [6.07, 6.45) is 0. The van der Waals surface area contributed by atoms with Gasteiger partial charge in [0.25, 0.3) is 0 Å². The Balaban J connectivity index is 2.24. The topological polar surface area (TPSA) is 74.2 Å². The second kappa shape index (κ2) is 5.38. The number of rotatable bonds is 3. The molecule has 0 atom stereocenters. The van der Waals surface area contributed by atoms with Gasteiger partial charge in [0.1, 0.15) is 11.4 Å². The monoisotopic (exact) mass is 321 g/mol. The van der Waals surface area contributed by atoms with Crippen LogP contribution in [0, 0.1) is 6.92 Å². The van der Waals surface area contributed by atoms with Crippen LogP contribution in [0.4, 0.5) is 5.82 Å². The number of aryl methyl sites for hydroxylation is 1. The summed E-state index contributed by atoms with van der Waals surface area (Å²) in [5.41, 5.74) is 8.02. The molecule has 2 N–H and O–H groups in total. The van der Waals surface area contributed by atoms with E-state index in [0.717, 1.165) is 10.6 Å². The highest BCUT2D eigenvalue weighted by Crippen LogP contribution is 2.42. The van der Waals surface area contributed by atoms with Crippen molar-refractivity contribution in [2.45, 2.75) is 6.92 Å². The fourth-order valence-corrected chi connectivity index (χ4v) is 2.85. The van der Waals surface area contributed by atoms with Crippen molar-refractivity contribution in [3.63, 3.8) is 0 Å². The van der Waals surface area contributed by atoms with Gasteiger partial charge in [-0.2, -0.15) is 0 Å². The first-order valence-corrected chi connectivity index (χ1v) is 7.37.